The number of anilines is 1. The number of hydrogen-bond acceptors (Lipinski definition) is 4. The molecular formula is C21H23FN4OS. The second kappa shape index (κ2) is 9.50. The van der Waals surface area contributed by atoms with Crippen LogP contribution in [0.25, 0.3) is 0 Å². The highest BCUT2D eigenvalue weighted by Crippen LogP contribution is 2.21. The molecule has 0 fully saturated rings. The first-order valence-corrected chi connectivity index (χ1v) is 10.1. The van der Waals surface area contributed by atoms with Crippen LogP contribution in [0.15, 0.2) is 59.8 Å². The van der Waals surface area contributed by atoms with E-state index in [1.807, 2.05) is 18.2 Å². The van der Waals surface area contributed by atoms with Gasteiger partial charge in [0.15, 0.2) is 5.16 Å². The van der Waals surface area contributed by atoms with Crippen LogP contribution in [-0.2, 0) is 17.8 Å². The monoisotopic (exact) mass is 398 g/mol. The van der Waals surface area contributed by atoms with Gasteiger partial charge in [-0.15, -0.1) is 10.2 Å². The summed E-state index contributed by atoms with van der Waals surface area (Å²) in [5, 5.41) is 11.9. The number of carbonyl (C=O) groups excluding carboxylic acids is 1. The molecule has 0 bridgehead atoms. The lowest BCUT2D eigenvalue weighted by molar-refractivity contribution is -0.113. The van der Waals surface area contributed by atoms with E-state index in [4.69, 9.17) is 0 Å². The molecule has 28 heavy (non-hydrogen) atoms. The number of benzene rings is 2. The fraction of sp³-hybridized carbons (Fsp3) is 0.286. The van der Waals surface area contributed by atoms with Crippen LogP contribution in [0.2, 0.25) is 0 Å². The SMILES string of the molecule is CC(C)Cn1c(Cc2ccccc2)nnc1SCC(=O)Nc1ccccc1F. The molecule has 1 heterocycles. The number of halogens is 1. The van der Waals surface area contributed by atoms with Gasteiger partial charge in [0.2, 0.25) is 5.91 Å². The lowest BCUT2D eigenvalue weighted by Crippen LogP contribution is -2.16. The van der Waals surface area contributed by atoms with Crippen molar-refractivity contribution in [2.75, 3.05) is 11.1 Å². The number of nitrogens with one attached hydrogen (secondary N) is 1. The summed E-state index contributed by atoms with van der Waals surface area (Å²) in [4.78, 5) is 12.2. The Hall–Kier alpha value is -2.67. The molecule has 3 aromatic rings. The number of para-hydroxylation sites is 1. The zero-order valence-electron chi connectivity index (χ0n) is 15.9. The van der Waals surface area contributed by atoms with Crippen molar-refractivity contribution < 1.29 is 9.18 Å². The summed E-state index contributed by atoms with van der Waals surface area (Å²) in [6, 6.07) is 16.2. The van der Waals surface area contributed by atoms with E-state index >= 15 is 0 Å². The molecule has 1 amide bonds. The van der Waals surface area contributed by atoms with Crippen molar-refractivity contribution in [3.63, 3.8) is 0 Å². The van der Waals surface area contributed by atoms with E-state index < -0.39 is 5.82 Å². The molecule has 0 saturated heterocycles. The minimum absolute atomic E-state index is 0.135. The summed E-state index contributed by atoms with van der Waals surface area (Å²) in [5.74, 6) is 0.692. The molecule has 0 aliphatic heterocycles. The van der Waals surface area contributed by atoms with Crippen LogP contribution < -0.4 is 5.32 Å². The van der Waals surface area contributed by atoms with Gasteiger partial charge in [0.25, 0.3) is 0 Å². The maximum Gasteiger partial charge on any atom is 0.234 e. The predicted molar refractivity (Wildman–Crippen MR) is 110 cm³/mol. The Balaban J connectivity index is 1.69. The molecule has 0 atom stereocenters. The highest BCUT2D eigenvalue weighted by molar-refractivity contribution is 7.99. The highest BCUT2D eigenvalue weighted by Gasteiger charge is 2.16. The summed E-state index contributed by atoms with van der Waals surface area (Å²) in [6.07, 6.45) is 0.683. The molecule has 146 valence electrons. The van der Waals surface area contributed by atoms with E-state index in [-0.39, 0.29) is 17.3 Å². The first-order chi connectivity index (χ1) is 13.5. The Morgan fingerprint density at radius 2 is 1.82 bits per heavy atom. The fourth-order valence-corrected chi connectivity index (χ4v) is 3.53. The summed E-state index contributed by atoms with van der Waals surface area (Å²) < 4.78 is 15.8. The summed E-state index contributed by atoms with van der Waals surface area (Å²) in [7, 11) is 0. The highest BCUT2D eigenvalue weighted by atomic mass is 32.2. The van der Waals surface area contributed by atoms with Crippen molar-refractivity contribution >= 4 is 23.4 Å². The molecule has 5 nitrogen and oxygen atoms in total. The first-order valence-electron chi connectivity index (χ1n) is 9.16. The van der Waals surface area contributed by atoms with Crippen molar-refractivity contribution in [1.82, 2.24) is 14.8 Å². The molecular weight excluding hydrogens is 375 g/mol. The van der Waals surface area contributed by atoms with E-state index in [1.165, 1.54) is 23.9 Å². The van der Waals surface area contributed by atoms with Crippen LogP contribution in [0.3, 0.4) is 0 Å². The molecule has 0 unspecified atom stereocenters. The van der Waals surface area contributed by atoms with Gasteiger partial charge in [-0.3, -0.25) is 4.79 Å². The molecule has 0 saturated carbocycles. The predicted octanol–water partition coefficient (Wildman–Crippen LogP) is 4.39. The molecule has 7 heteroatoms. The molecule has 3 rings (SSSR count). The van der Waals surface area contributed by atoms with Crippen LogP contribution in [-0.4, -0.2) is 26.4 Å². The summed E-state index contributed by atoms with van der Waals surface area (Å²) in [6.45, 7) is 5.03. The zero-order valence-corrected chi connectivity index (χ0v) is 16.7. The third-order valence-electron chi connectivity index (χ3n) is 4.03. The molecule has 1 aromatic heterocycles. The van der Waals surface area contributed by atoms with Crippen LogP contribution in [0, 0.1) is 11.7 Å². The molecule has 2 aromatic carbocycles. The largest absolute Gasteiger partial charge is 0.323 e. The Bertz CT molecular complexity index is 927. The maximum atomic E-state index is 13.7. The fourth-order valence-electron chi connectivity index (χ4n) is 2.76. The number of rotatable bonds is 8. The van der Waals surface area contributed by atoms with Gasteiger partial charge >= 0.3 is 0 Å². The summed E-state index contributed by atoms with van der Waals surface area (Å²) in [5.41, 5.74) is 1.34. The van der Waals surface area contributed by atoms with Crippen molar-refractivity contribution in [2.24, 2.45) is 5.92 Å². The first kappa shape index (κ1) is 20.1. The minimum atomic E-state index is -0.450. The number of carbonyl (C=O) groups is 1. The van der Waals surface area contributed by atoms with Gasteiger partial charge in [-0.25, -0.2) is 4.39 Å². The Morgan fingerprint density at radius 1 is 1.11 bits per heavy atom. The smallest absolute Gasteiger partial charge is 0.234 e. The number of thioether (sulfide) groups is 1. The van der Waals surface area contributed by atoms with E-state index in [0.29, 0.717) is 17.5 Å². The molecule has 0 aliphatic carbocycles. The average Bonchev–Trinajstić information content (AvgIpc) is 3.03. The van der Waals surface area contributed by atoms with Crippen molar-refractivity contribution in [1.29, 1.82) is 0 Å². The lowest BCUT2D eigenvalue weighted by atomic mass is 10.1. The van der Waals surface area contributed by atoms with Crippen molar-refractivity contribution in [3.8, 4) is 0 Å². The molecule has 1 N–H and O–H groups in total. The van der Waals surface area contributed by atoms with Crippen LogP contribution in [0.4, 0.5) is 10.1 Å². The van der Waals surface area contributed by atoms with Gasteiger partial charge in [-0.2, -0.15) is 0 Å². The van der Waals surface area contributed by atoms with Gasteiger partial charge in [0, 0.05) is 13.0 Å². The zero-order chi connectivity index (χ0) is 19.9. The maximum absolute atomic E-state index is 13.7. The Labute approximate surface area is 168 Å². The van der Waals surface area contributed by atoms with E-state index in [2.05, 4.69) is 46.1 Å². The van der Waals surface area contributed by atoms with Crippen molar-refractivity contribution in [2.45, 2.75) is 32.0 Å². The standard InChI is InChI=1S/C21H23FN4OS/c1-15(2)13-26-19(12-16-8-4-3-5-9-16)24-25-21(26)28-14-20(27)23-18-11-7-6-10-17(18)22/h3-11,15H,12-14H2,1-2H3,(H,23,27). The van der Waals surface area contributed by atoms with Crippen molar-refractivity contribution in [3.05, 3.63) is 71.8 Å². The lowest BCUT2D eigenvalue weighted by Gasteiger charge is -2.12. The van der Waals surface area contributed by atoms with Gasteiger partial charge in [0.05, 0.1) is 11.4 Å². The quantitative estimate of drug-likeness (QED) is 0.572. The molecule has 0 aliphatic rings. The van der Waals surface area contributed by atoms with E-state index in [9.17, 15) is 9.18 Å². The third kappa shape index (κ3) is 5.42. The topological polar surface area (TPSA) is 59.8 Å². The van der Waals surface area contributed by atoms with Crippen LogP contribution in [0.1, 0.15) is 25.2 Å². The Kier molecular flexibility index (Phi) is 6.81. The van der Waals surface area contributed by atoms with E-state index in [1.54, 1.807) is 12.1 Å². The average molecular weight is 399 g/mol. The molecule has 0 radical (unpaired) electrons. The second-order valence-electron chi connectivity index (χ2n) is 6.88. The normalized spacial score (nSPS) is 11.0. The Morgan fingerprint density at radius 3 is 2.54 bits per heavy atom. The van der Waals surface area contributed by atoms with Gasteiger partial charge in [-0.1, -0.05) is 68.1 Å². The number of hydrogen-bond donors (Lipinski definition) is 1. The molecule has 0 spiro atoms. The van der Waals surface area contributed by atoms with Crippen LogP contribution >= 0.6 is 11.8 Å². The third-order valence-corrected chi connectivity index (χ3v) is 4.99. The van der Waals surface area contributed by atoms with E-state index in [0.717, 1.165) is 17.9 Å². The summed E-state index contributed by atoms with van der Waals surface area (Å²) >= 11 is 1.31. The van der Waals surface area contributed by atoms with Gasteiger partial charge in [0.1, 0.15) is 11.6 Å². The number of nitrogens with zero attached hydrogens (tertiary/aromatic N) is 3. The minimum Gasteiger partial charge on any atom is -0.323 e. The van der Waals surface area contributed by atoms with Crippen LogP contribution in [0.5, 0.6) is 0 Å². The second-order valence-corrected chi connectivity index (χ2v) is 7.82. The van der Waals surface area contributed by atoms with Gasteiger partial charge < -0.3 is 9.88 Å². The number of amides is 1. The number of aromatic nitrogens is 3. The van der Waals surface area contributed by atoms with Gasteiger partial charge in [-0.05, 0) is 23.6 Å².